The second-order valence-corrected chi connectivity index (χ2v) is 7.62. The molecule has 2 rings (SSSR count). The van der Waals surface area contributed by atoms with Crippen LogP contribution >= 0.6 is 0 Å². The van der Waals surface area contributed by atoms with Crippen molar-refractivity contribution in [2.45, 2.75) is 72.4 Å². The Bertz CT molecular complexity index is 435. The lowest BCUT2D eigenvalue weighted by atomic mass is 9.65. The monoisotopic (exact) mass is 291 g/mol. The third kappa shape index (κ3) is 3.88. The van der Waals surface area contributed by atoms with E-state index in [1.807, 2.05) is 6.20 Å². The van der Waals surface area contributed by atoms with Gasteiger partial charge in [0.1, 0.15) is 5.82 Å². The minimum atomic E-state index is 0.296. The summed E-state index contributed by atoms with van der Waals surface area (Å²) in [6.45, 7) is 10.6. The first kappa shape index (κ1) is 16.5. The summed E-state index contributed by atoms with van der Waals surface area (Å²) in [6, 6.07) is 0.651. The summed E-state index contributed by atoms with van der Waals surface area (Å²) in [5.74, 6) is 2.86. The van der Waals surface area contributed by atoms with Crippen LogP contribution in [0.2, 0.25) is 0 Å². The van der Waals surface area contributed by atoms with E-state index in [1.165, 1.54) is 31.5 Å². The molecule has 1 aromatic heterocycles. The highest BCUT2D eigenvalue weighted by atomic mass is 15.1. The molecule has 0 aliphatic heterocycles. The molecule has 1 fully saturated rings. The summed E-state index contributed by atoms with van der Waals surface area (Å²) in [5.41, 5.74) is 0.296. The highest BCUT2D eigenvalue weighted by molar-refractivity contribution is 5.01. The van der Waals surface area contributed by atoms with Crippen LogP contribution in [0.1, 0.15) is 59.2 Å². The van der Waals surface area contributed by atoms with Gasteiger partial charge in [-0.25, -0.2) is 4.98 Å². The zero-order valence-electron chi connectivity index (χ0n) is 14.5. The van der Waals surface area contributed by atoms with Crippen molar-refractivity contribution in [2.75, 3.05) is 7.05 Å². The highest BCUT2D eigenvalue weighted by Gasteiger charge is 2.38. The molecule has 1 saturated carbocycles. The fraction of sp³-hybridized carbons (Fsp3) is 0.833. The van der Waals surface area contributed by atoms with Crippen LogP contribution in [0.5, 0.6) is 0 Å². The van der Waals surface area contributed by atoms with Crippen molar-refractivity contribution in [1.82, 2.24) is 14.9 Å². The van der Waals surface area contributed by atoms with E-state index in [-0.39, 0.29) is 0 Å². The molecule has 120 valence electrons. The molecular formula is C18H33N3. The number of nitrogens with one attached hydrogen (secondary N) is 1. The van der Waals surface area contributed by atoms with Crippen LogP contribution in [-0.4, -0.2) is 22.6 Å². The van der Waals surface area contributed by atoms with Gasteiger partial charge < -0.3 is 9.88 Å². The standard InChI is InChI=1S/C18H33N3/c1-6-10-21-11-9-20-17(21)13-18(3,4)15-8-7-14(2)12-16(15)19-5/h9,11,14-16,19H,6-8,10,12-13H2,1-5H3. The quantitative estimate of drug-likeness (QED) is 0.862. The van der Waals surface area contributed by atoms with Gasteiger partial charge in [-0.2, -0.15) is 0 Å². The van der Waals surface area contributed by atoms with Crippen LogP contribution in [0.25, 0.3) is 0 Å². The summed E-state index contributed by atoms with van der Waals surface area (Å²) >= 11 is 0. The number of aromatic nitrogens is 2. The molecule has 0 saturated heterocycles. The van der Waals surface area contributed by atoms with Gasteiger partial charge in [0.15, 0.2) is 0 Å². The molecular weight excluding hydrogens is 258 g/mol. The smallest absolute Gasteiger partial charge is 0.109 e. The lowest BCUT2D eigenvalue weighted by molar-refractivity contribution is 0.0955. The molecule has 0 spiro atoms. The average Bonchev–Trinajstić information content (AvgIpc) is 2.85. The predicted octanol–water partition coefficient (Wildman–Crippen LogP) is 3.89. The second kappa shape index (κ2) is 6.95. The zero-order valence-corrected chi connectivity index (χ0v) is 14.5. The first-order valence-electron chi connectivity index (χ1n) is 8.65. The minimum Gasteiger partial charge on any atom is -0.335 e. The van der Waals surface area contributed by atoms with Crippen LogP contribution in [0.3, 0.4) is 0 Å². The Balaban J connectivity index is 2.11. The topological polar surface area (TPSA) is 29.9 Å². The zero-order chi connectivity index (χ0) is 15.5. The van der Waals surface area contributed by atoms with Crippen LogP contribution in [0, 0.1) is 17.3 Å². The molecule has 1 aliphatic rings. The third-order valence-electron chi connectivity index (χ3n) is 5.37. The van der Waals surface area contributed by atoms with Crippen molar-refractivity contribution in [1.29, 1.82) is 0 Å². The molecule has 3 heteroatoms. The number of aryl methyl sites for hydroxylation is 1. The molecule has 1 aliphatic carbocycles. The van der Waals surface area contributed by atoms with Crippen LogP contribution in [0.4, 0.5) is 0 Å². The van der Waals surface area contributed by atoms with E-state index in [2.05, 4.69) is 55.8 Å². The second-order valence-electron chi connectivity index (χ2n) is 7.62. The average molecular weight is 291 g/mol. The van der Waals surface area contributed by atoms with E-state index in [0.29, 0.717) is 11.5 Å². The SMILES string of the molecule is CCCn1ccnc1CC(C)(C)C1CCC(C)CC1NC. The number of imidazole rings is 1. The number of hydrogen-bond acceptors (Lipinski definition) is 2. The molecule has 1 aromatic rings. The van der Waals surface area contributed by atoms with Gasteiger partial charge in [-0.3, -0.25) is 0 Å². The molecule has 0 aromatic carbocycles. The van der Waals surface area contributed by atoms with E-state index in [4.69, 9.17) is 0 Å². The Morgan fingerprint density at radius 2 is 2.14 bits per heavy atom. The summed E-state index contributed by atoms with van der Waals surface area (Å²) in [7, 11) is 2.13. The van der Waals surface area contributed by atoms with Crippen molar-refractivity contribution < 1.29 is 0 Å². The molecule has 0 bridgehead atoms. The lowest BCUT2D eigenvalue weighted by Crippen LogP contribution is -2.46. The fourth-order valence-electron chi connectivity index (χ4n) is 4.13. The van der Waals surface area contributed by atoms with E-state index in [9.17, 15) is 0 Å². The van der Waals surface area contributed by atoms with Crippen molar-refractivity contribution in [3.63, 3.8) is 0 Å². The van der Waals surface area contributed by atoms with Crippen molar-refractivity contribution >= 4 is 0 Å². The van der Waals surface area contributed by atoms with Gasteiger partial charge in [0.2, 0.25) is 0 Å². The van der Waals surface area contributed by atoms with Crippen LogP contribution < -0.4 is 5.32 Å². The largest absolute Gasteiger partial charge is 0.335 e. The van der Waals surface area contributed by atoms with Gasteiger partial charge in [-0.1, -0.05) is 34.1 Å². The molecule has 0 amide bonds. The first-order valence-corrected chi connectivity index (χ1v) is 8.65. The van der Waals surface area contributed by atoms with Gasteiger partial charge in [0, 0.05) is 31.4 Å². The van der Waals surface area contributed by atoms with E-state index in [1.54, 1.807) is 0 Å². The summed E-state index contributed by atoms with van der Waals surface area (Å²) in [5, 5.41) is 3.58. The van der Waals surface area contributed by atoms with E-state index < -0.39 is 0 Å². The fourth-order valence-corrected chi connectivity index (χ4v) is 4.13. The number of hydrogen-bond donors (Lipinski definition) is 1. The first-order chi connectivity index (χ1) is 9.97. The Morgan fingerprint density at radius 1 is 1.38 bits per heavy atom. The van der Waals surface area contributed by atoms with Crippen LogP contribution in [-0.2, 0) is 13.0 Å². The van der Waals surface area contributed by atoms with Crippen molar-refractivity contribution in [3.8, 4) is 0 Å². The molecule has 3 nitrogen and oxygen atoms in total. The number of rotatable bonds is 6. The van der Waals surface area contributed by atoms with Gasteiger partial charge in [0.05, 0.1) is 0 Å². The normalized spacial score (nSPS) is 27.0. The Labute approximate surface area is 130 Å². The maximum absolute atomic E-state index is 4.62. The highest BCUT2D eigenvalue weighted by Crippen LogP contribution is 2.42. The Kier molecular flexibility index (Phi) is 5.48. The number of nitrogens with zero attached hydrogens (tertiary/aromatic N) is 2. The maximum Gasteiger partial charge on any atom is 0.109 e. The van der Waals surface area contributed by atoms with E-state index >= 15 is 0 Å². The van der Waals surface area contributed by atoms with Gasteiger partial charge in [0.25, 0.3) is 0 Å². The molecule has 0 radical (unpaired) electrons. The third-order valence-corrected chi connectivity index (χ3v) is 5.37. The van der Waals surface area contributed by atoms with Gasteiger partial charge in [-0.15, -0.1) is 0 Å². The summed E-state index contributed by atoms with van der Waals surface area (Å²) in [6.07, 6.45) is 10.4. The lowest BCUT2D eigenvalue weighted by Gasteiger charge is -2.44. The minimum absolute atomic E-state index is 0.296. The predicted molar refractivity (Wildman–Crippen MR) is 89.4 cm³/mol. The molecule has 3 unspecified atom stereocenters. The molecule has 3 atom stereocenters. The summed E-state index contributed by atoms with van der Waals surface area (Å²) in [4.78, 5) is 4.62. The van der Waals surface area contributed by atoms with E-state index in [0.717, 1.165) is 24.8 Å². The molecule has 21 heavy (non-hydrogen) atoms. The molecule has 1 N–H and O–H groups in total. The molecule has 1 heterocycles. The van der Waals surface area contributed by atoms with Gasteiger partial charge in [-0.05, 0) is 43.6 Å². The Hall–Kier alpha value is -0.830. The van der Waals surface area contributed by atoms with Crippen molar-refractivity contribution in [3.05, 3.63) is 18.2 Å². The maximum atomic E-state index is 4.62. The van der Waals surface area contributed by atoms with Crippen molar-refractivity contribution in [2.24, 2.45) is 17.3 Å². The summed E-state index contributed by atoms with van der Waals surface area (Å²) < 4.78 is 2.33. The van der Waals surface area contributed by atoms with Crippen LogP contribution in [0.15, 0.2) is 12.4 Å². The van der Waals surface area contributed by atoms with Gasteiger partial charge >= 0.3 is 0 Å². The Morgan fingerprint density at radius 3 is 2.81 bits per heavy atom.